The molecule has 1 aliphatic heterocycles. The summed E-state index contributed by atoms with van der Waals surface area (Å²) in [5.74, 6) is -3.51. The largest absolute Gasteiger partial charge is 0.494 e. The molecule has 3 rings (SSSR count). The molecule has 0 radical (unpaired) electrons. The lowest BCUT2D eigenvalue weighted by Crippen LogP contribution is -2.43. The summed E-state index contributed by atoms with van der Waals surface area (Å²) >= 11 is 0. The van der Waals surface area contributed by atoms with Crippen molar-refractivity contribution in [1.82, 2.24) is 4.90 Å². The van der Waals surface area contributed by atoms with E-state index in [4.69, 9.17) is 4.74 Å². The Bertz CT molecular complexity index is 839. The van der Waals surface area contributed by atoms with Crippen LogP contribution in [0.4, 0.5) is 8.78 Å². The molecule has 0 unspecified atom stereocenters. The molecule has 0 saturated carbocycles. The highest BCUT2D eigenvalue weighted by Gasteiger charge is 2.30. The van der Waals surface area contributed by atoms with E-state index in [1.165, 1.54) is 24.1 Å². The highest BCUT2D eigenvalue weighted by atomic mass is 19.2. The van der Waals surface area contributed by atoms with Crippen molar-refractivity contribution in [1.29, 1.82) is 0 Å². The summed E-state index contributed by atoms with van der Waals surface area (Å²) in [5, 5.41) is 0. The van der Waals surface area contributed by atoms with E-state index in [1.54, 1.807) is 0 Å². The monoisotopic (exact) mass is 373 g/mol. The molecule has 1 fully saturated rings. The Morgan fingerprint density at radius 2 is 1.85 bits per heavy atom. The number of nitrogens with zero attached hydrogens (tertiary/aromatic N) is 1. The molecule has 1 amide bonds. The second-order valence-electron chi connectivity index (χ2n) is 6.66. The van der Waals surface area contributed by atoms with Crippen molar-refractivity contribution in [2.45, 2.75) is 19.3 Å². The van der Waals surface area contributed by atoms with Crippen molar-refractivity contribution >= 4 is 11.7 Å². The third-order valence-electron chi connectivity index (χ3n) is 4.88. The summed E-state index contributed by atoms with van der Waals surface area (Å²) in [6.45, 7) is 0.638. The molecule has 4 nitrogen and oxygen atoms in total. The van der Waals surface area contributed by atoms with Gasteiger partial charge in [0.05, 0.1) is 12.7 Å². The average Bonchev–Trinajstić information content (AvgIpc) is 2.70. The molecule has 27 heavy (non-hydrogen) atoms. The van der Waals surface area contributed by atoms with Crippen LogP contribution in [0.25, 0.3) is 0 Å². The van der Waals surface area contributed by atoms with Gasteiger partial charge in [-0.05, 0) is 30.5 Å². The molecule has 2 aromatic rings. The predicted octanol–water partition coefficient (Wildman–Crippen LogP) is 3.64. The zero-order chi connectivity index (χ0) is 19.4. The van der Waals surface area contributed by atoms with E-state index >= 15 is 0 Å². The normalized spacial score (nSPS) is 16.9. The molecule has 0 aromatic heterocycles. The van der Waals surface area contributed by atoms with Crippen LogP contribution in [-0.2, 0) is 11.2 Å². The number of rotatable bonds is 5. The van der Waals surface area contributed by atoms with Gasteiger partial charge < -0.3 is 9.64 Å². The van der Waals surface area contributed by atoms with Crippen LogP contribution in [-0.4, -0.2) is 36.8 Å². The fourth-order valence-electron chi connectivity index (χ4n) is 3.39. The van der Waals surface area contributed by atoms with Gasteiger partial charge in [-0.15, -0.1) is 0 Å². The molecule has 2 aromatic carbocycles. The Hall–Kier alpha value is -2.76. The van der Waals surface area contributed by atoms with Crippen LogP contribution in [0, 0.1) is 17.6 Å². The highest BCUT2D eigenvalue weighted by molar-refractivity contribution is 5.95. The van der Waals surface area contributed by atoms with E-state index < -0.39 is 17.5 Å². The maximum Gasteiger partial charge on any atom is 0.256 e. The van der Waals surface area contributed by atoms with E-state index in [0.717, 1.165) is 5.56 Å². The van der Waals surface area contributed by atoms with E-state index in [2.05, 4.69) is 0 Å². The van der Waals surface area contributed by atoms with Crippen LogP contribution in [0.3, 0.4) is 0 Å². The van der Waals surface area contributed by atoms with Crippen LogP contribution >= 0.6 is 0 Å². The summed E-state index contributed by atoms with van der Waals surface area (Å²) in [5.41, 5.74) is 0.582. The Morgan fingerprint density at radius 1 is 1.11 bits per heavy atom. The maximum atomic E-state index is 14.2. The topological polar surface area (TPSA) is 46.6 Å². The first-order valence-corrected chi connectivity index (χ1v) is 8.89. The lowest BCUT2D eigenvalue weighted by atomic mass is 9.90. The fraction of sp³-hybridized carbons (Fsp3) is 0.333. The molecule has 0 spiro atoms. The number of likely N-dealkylation sites (tertiary alicyclic amines) is 1. The third kappa shape index (κ3) is 4.15. The second-order valence-corrected chi connectivity index (χ2v) is 6.66. The van der Waals surface area contributed by atoms with E-state index in [9.17, 15) is 18.4 Å². The summed E-state index contributed by atoms with van der Waals surface area (Å²) in [7, 11) is 1.23. The molecule has 1 aliphatic rings. The number of amides is 1. The fourth-order valence-corrected chi connectivity index (χ4v) is 3.39. The van der Waals surface area contributed by atoms with Gasteiger partial charge in [0.15, 0.2) is 11.6 Å². The molecule has 1 saturated heterocycles. The lowest BCUT2D eigenvalue weighted by Gasteiger charge is -2.32. The first kappa shape index (κ1) is 19.0. The van der Waals surface area contributed by atoms with Crippen LogP contribution < -0.4 is 4.74 Å². The average molecular weight is 373 g/mol. The molecular formula is C21H21F2NO3. The van der Waals surface area contributed by atoms with Crippen molar-refractivity contribution < 1.29 is 23.1 Å². The molecule has 6 heteroatoms. The summed E-state index contributed by atoms with van der Waals surface area (Å²) in [4.78, 5) is 26.7. The highest BCUT2D eigenvalue weighted by Crippen LogP contribution is 2.26. The zero-order valence-electron chi connectivity index (χ0n) is 15.1. The SMILES string of the molecule is COc1ccc(C(=O)N2CCC[C@H](C(=O)Cc3ccccc3)C2)c(F)c1F. The molecule has 142 valence electrons. The quantitative estimate of drug-likeness (QED) is 0.804. The number of halogens is 2. The molecule has 0 aliphatic carbocycles. The smallest absolute Gasteiger partial charge is 0.256 e. The lowest BCUT2D eigenvalue weighted by molar-refractivity contribution is -0.123. The number of carbonyl (C=O) groups is 2. The standard InChI is InChI=1S/C21H21F2NO3/c1-27-18-10-9-16(19(22)20(18)23)21(26)24-11-5-8-15(13-24)17(25)12-14-6-3-2-4-7-14/h2-4,6-7,9-10,15H,5,8,11-13H2,1H3/t15-/m0/s1. The number of benzene rings is 2. The minimum Gasteiger partial charge on any atom is -0.494 e. The van der Waals surface area contributed by atoms with Crippen molar-refractivity contribution in [3.05, 3.63) is 65.2 Å². The number of methoxy groups -OCH3 is 1. The molecule has 1 atom stereocenters. The number of hydrogen-bond donors (Lipinski definition) is 0. The van der Waals surface area contributed by atoms with E-state index in [0.29, 0.717) is 25.8 Å². The van der Waals surface area contributed by atoms with Gasteiger partial charge in [0, 0.05) is 25.4 Å². The van der Waals surface area contributed by atoms with Crippen LogP contribution in [0.5, 0.6) is 5.75 Å². The summed E-state index contributed by atoms with van der Waals surface area (Å²) in [6.07, 6.45) is 1.64. The van der Waals surface area contributed by atoms with Crippen LogP contribution in [0.2, 0.25) is 0 Å². The van der Waals surface area contributed by atoms with Gasteiger partial charge in [0.2, 0.25) is 5.82 Å². The Labute approximate surface area is 156 Å². The number of ketones is 1. The van der Waals surface area contributed by atoms with Crippen molar-refractivity contribution in [2.75, 3.05) is 20.2 Å². The predicted molar refractivity (Wildman–Crippen MR) is 96.7 cm³/mol. The van der Waals surface area contributed by atoms with Crippen LogP contribution in [0.1, 0.15) is 28.8 Å². The van der Waals surface area contributed by atoms with E-state index in [1.807, 2.05) is 30.3 Å². The van der Waals surface area contributed by atoms with Gasteiger partial charge in [-0.2, -0.15) is 4.39 Å². The number of ether oxygens (including phenoxy) is 1. The Morgan fingerprint density at radius 3 is 2.56 bits per heavy atom. The number of piperidine rings is 1. The van der Waals surface area contributed by atoms with Gasteiger partial charge >= 0.3 is 0 Å². The first-order chi connectivity index (χ1) is 13.0. The van der Waals surface area contributed by atoms with Gasteiger partial charge in [-0.3, -0.25) is 9.59 Å². The van der Waals surface area contributed by atoms with Gasteiger partial charge in [0.1, 0.15) is 5.78 Å². The van der Waals surface area contributed by atoms with Crippen molar-refractivity contribution in [2.24, 2.45) is 5.92 Å². The van der Waals surface area contributed by atoms with Crippen molar-refractivity contribution in [3.8, 4) is 5.75 Å². The maximum absolute atomic E-state index is 14.2. The van der Waals surface area contributed by atoms with E-state index in [-0.39, 0.29) is 29.6 Å². The number of Topliss-reactive ketones (excluding diaryl/α,β-unsaturated/α-hetero) is 1. The number of hydrogen-bond acceptors (Lipinski definition) is 3. The first-order valence-electron chi connectivity index (χ1n) is 8.89. The van der Waals surface area contributed by atoms with Gasteiger partial charge in [-0.25, -0.2) is 4.39 Å². The third-order valence-corrected chi connectivity index (χ3v) is 4.88. The summed E-state index contributed by atoms with van der Waals surface area (Å²) in [6, 6.07) is 11.9. The molecular weight excluding hydrogens is 352 g/mol. The van der Waals surface area contributed by atoms with Gasteiger partial charge in [0.25, 0.3) is 5.91 Å². The molecule has 1 heterocycles. The van der Waals surface area contributed by atoms with Gasteiger partial charge in [-0.1, -0.05) is 30.3 Å². The Balaban J connectivity index is 1.71. The minimum absolute atomic E-state index is 0.0556. The molecule has 0 N–H and O–H groups in total. The summed E-state index contributed by atoms with van der Waals surface area (Å²) < 4.78 is 32.9. The molecule has 0 bridgehead atoms. The zero-order valence-corrected chi connectivity index (χ0v) is 15.1. The minimum atomic E-state index is -1.22. The van der Waals surface area contributed by atoms with Crippen molar-refractivity contribution in [3.63, 3.8) is 0 Å². The second kappa shape index (κ2) is 8.29. The Kier molecular flexibility index (Phi) is 5.84. The number of carbonyl (C=O) groups excluding carboxylic acids is 2. The van der Waals surface area contributed by atoms with Crippen LogP contribution in [0.15, 0.2) is 42.5 Å².